The van der Waals surface area contributed by atoms with Gasteiger partial charge in [-0.2, -0.15) is 0 Å². The van der Waals surface area contributed by atoms with E-state index in [0.717, 1.165) is 21.9 Å². The minimum absolute atomic E-state index is 0.252. The van der Waals surface area contributed by atoms with Crippen LogP contribution in [0.4, 0.5) is 14.5 Å². The van der Waals surface area contributed by atoms with Crippen molar-refractivity contribution >= 4 is 29.3 Å². The van der Waals surface area contributed by atoms with Crippen LogP contribution in [0.3, 0.4) is 0 Å². The van der Waals surface area contributed by atoms with Crippen LogP contribution in [0.15, 0.2) is 47.4 Å². The number of para-hydroxylation sites is 1. The van der Waals surface area contributed by atoms with E-state index in [4.69, 9.17) is 0 Å². The lowest BCUT2D eigenvalue weighted by molar-refractivity contribution is -0.116. The Morgan fingerprint density at radius 3 is 2.54 bits per heavy atom. The predicted molar refractivity (Wildman–Crippen MR) is 90.2 cm³/mol. The number of rotatable bonds is 5. The summed E-state index contributed by atoms with van der Waals surface area (Å²) in [6.07, 6.45) is 1.89. The van der Waals surface area contributed by atoms with Crippen LogP contribution in [-0.4, -0.2) is 36.6 Å². The Morgan fingerprint density at radius 1 is 1.17 bits per heavy atom. The van der Waals surface area contributed by atoms with E-state index < -0.39 is 23.4 Å². The van der Waals surface area contributed by atoms with Gasteiger partial charge in [-0.3, -0.25) is 9.59 Å². The minimum Gasteiger partial charge on any atom is -0.332 e. The number of amides is 2. The molecule has 4 nitrogen and oxygen atoms in total. The molecule has 0 saturated heterocycles. The second-order valence-electron chi connectivity index (χ2n) is 5.03. The zero-order valence-electron chi connectivity index (χ0n) is 13.2. The number of thioether (sulfide) groups is 1. The van der Waals surface area contributed by atoms with Crippen molar-refractivity contribution in [1.82, 2.24) is 4.90 Å². The van der Waals surface area contributed by atoms with Crippen LogP contribution < -0.4 is 5.32 Å². The molecule has 2 rings (SSSR count). The molecule has 0 aliphatic rings. The molecule has 0 saturated carbocycles. The van der Waals surface area contributed by atoms with Gasteiger partial charge < -0.3 is 10.2 Å². The van der Waals surface area contributed by atoms with Crippen molar-refractivity contribution < 1.29 is 18.4 Å². The third kappa shape index (κ3) is 4.32. The summed E-state index contributed by atoms with van der Waals surface area (Å²) in [6, 6.07) is 9.96. The lowest BCUT2D eigenvalue weighted by Gasteiger charge is -2.18. The first-order chi connectivity index (χ1) is 11.4. The van der Waals surface area contributed by atoms with Crippen LogP contribution in [0.5, 0.6) is 0 Å². The number of benzene rings is 2. The van der Waals surface area contributed by atoms with Crippen LogP contribution >= 0.6 is 11.8 Å². The maximum atomic E-state index is 13.7. The fraction of sp³-hybridized carbons (Fsp3) is 0.176. The fourth-order valence-electron chi connectivity index (χ4n) is 2.09. The fourth-order valence-corrected chi connectivity index (χ4v) is 2.65. The highest BCUT2D eigenvalue weighted by Crippen LogP contribution is 2.24. The molecule has 0 aliphatic carbocycles. The summed E-state index contributed by atoms with van der Waals surface area (Å²) in [5.74, 6) is -2.83. The highest BCUT2D eigenvalue weighted by molar-refractivity contribution is 7.98. The van der Waals surface area contributed by atoms with Gasteiger partial charge in [-0.1, -0.05) is 12.1 Å². The summed E-state index contributed by atoms with van der Waals surface area (Å²) >= 11 is 1.48. The number of likely N-dealkylation sites (N-methyl/N-ethyl adjacent to an activating group) is 1. The van der Waals surface area contributed by atoms with E-state index in [-0.39, 0.29) is 12.1 Å². The van der Waals surface area contributed by atoms with Gasteiger partial charge in [-0.05, 0) is 30.5 Å². The topological polar surface area (TPSA) is 49.4 Å². The first-order valence-corrected chi connectivity index (χ1v) is 8.28. The molecule has 0 fully saturated rings. The van der Waals surface area contributed by atoms with Crippen molar-refractivity contribution in [2.24, 2.45) is 0 Å². The van der Waals surface area contributed by atoms with Crippen LogP contribution in [0, 0.1) is 11.6 Å². The molecule has 0 atom stereocenters. The number of hydrogen-bond acceptors (Lipinski definition) is 3. The van der Waals surface area contributed by atoms with Crippen molar-refractivity contribution in [3.05, 3.63) is 59.7 Å². The van der Waals surface area contributed by atoms with Crippen molar-refractivity contribution in [2.45, 2.75) is 4.90 Å². The van der Waals surface area contributed by atoms with E-state index in [1.54, 1.807) is 12.1 Å². The van der Waals surface area contributed by atoms with Gasteiger partial charge in [0.15, 0.2) is 0 Å². The number of halogens is 2. The van der Waals surface area contributed by atoms with E-state index >= 15 is 0 Å². The molecule has 0 heterocycles. The summed E-state index contributed by atoms with van der Waals surface area (Å²) in [4.78, 5) is 26.2. The average Bonchev–Trinajstić information content (AvgIpc) is 2.54. The van der Waals surface area contributed by atoms with Crippen LogP contribution in [0.2, 0.25) is 0 Å². The van der Waals surface area contributed by atoms with Gasteiger partial charge in [0.1, 0.15) is 11.6 Å². The summed E-state index contributed by atoms with van der Waals surface area (Å²) in [7, 11) is 1.38. The van der Waals surface area contributed by atoms with Gasteiger partial charge in [0.25, 0.3) is 5.91 Å². The van der Waals surface area contributed by atoms with Gasteiger partial charge in [0, 0.05) is 18.0 Å². The van der Waals surface area contributed by atoms with Crippen LogP contribution in [-0.2, 0) is 4.79 Å². The molecular weight excluding hydrogens is 334 g/mol. The summed E-state index contributed by atoms with van der Waals surface area (Å²) in [5.41, 5.74) is 0.361. The number of anilines is 1. The molecule has 0 bridgehead atoms. The molecule has 0 radical (unpaired) electrons. The molecule has 1 N–H and O–H groups in total. The third-order valence-corrected chi connectivity index (χ3v) is 4.07. The van der Waals surface area contributed by atoms with Crippen molar-refractivity contribution in [1.29, 1.82) is 0 Å². The maximum Gasteiger partial charge on any atom is 0.257 e. The molecule has 0 aliphatic heterocycles. The summed E-state index contributed by atoms with van der Waals surface area (Å²) < 4.78 is 26.6. The lowest BCUT2D eigenvalue weighted by Crippen LogP contribution is -2.35. The number of hydrogen-bond donors (Lipinski definition) is 1. The number of nitrogens with one attached hydrogen (secondary N) is 1. The third-order valence-electron chi connectivity index (χ3n) is 3.27. The second-order valence-corrected chi connectivity index (χ2v) is 5.88. The quantitative estimate of drug-likeness (QED) is 0.841. The van der Waals surface area contributed by atoms with Crippen molar-refractivity contribution in [2.75, 3.05) is 25.2 Å². The zero-order chi connectivity index (χ0) is 17.7. The normalized spacial score (nSPS) is 10.3. The number of carbonyl (C=O) groups is 2. The Bertz CT molecular complexity index is 768. The Balaban J connectivity index is 2.04. The standard InChI is InChI=1S/C17H16F2N2O2S/c1-21(17(23)12-8-7-11(18)9-13(12)19)10-16(22)20-14-5-3-4-6-15(14)24-2/h3-9H,10H2,1-2H3,(H,20,22). The molecule has 7 heteroatoms. The Morgan fingerprint density at radius 2 is 1.88 bits per heavy atom. The Labute approximate surface area is 142 Å². The highest BCUT2D eigenvalue weighted by Gasteiger charge is 2.19. The van der Waals surface area contributed by atoms with Gasteiger partial charge in [-0.25, -0.2) is 8.78 Å². The van der Waals surface area contributed by atoms with Gasteiger partial charge in [-0.15, -0.1) is 11.8 Å². The molecule has 2 aromatic rings. The van der Waals surface area contributed by atoms with E-state index in [9.17, 15) is 18.4 Å². The first kappa shape index (κ1) is 17.9. The SMILES string of the molecule is CSc1ccccc1NC(=O)CN(C)C(=O)c1ccc(F)cc1F. The van der Waals surface area contributed by atoms with Crippen molar-refractivity contribution in [3.63, 3.8) is 0 Å². The number of carbonyl (C=O) groups excluding carboxylic acids is 2. The lowest BCUT2D eigenvalue weighted by atomic mass is 10.2. The zero-order valence-corrected chi connectivity index (χ0v) is 14.0. The summed E-state index contributed by atoms with van der Waals surface area (Å²) in [5, 5.41) is 2.72. The molecular formula is C17H16F2N2O2S. The molecule has 0 spiro atoms. The second kappa shape index (κ2) is 7.92. The minimum atomic E-state index is -0.958. The molecule has 0 unspecified atom stereocenters. The highest BCUT2D eigenvalue weighted by atomic mass is 32.2. The van der Waals surface area contributed by atoms with Gasteiger partial charge in [0.05, 0.1) is 17.8 Å². The number of nitrogens with zero attached hydrogens (tertiary/aromatic N) is 1. The largest absolute Gasteiger partial charge is 0.332 e. The molecule has 2 aromatic carbocycles. The van der Waals surface area contributed by atoms with Crippen LogP contribution in [0.1, 0.15) is 10.4 Å². The Hall–Kier alpha value is -2.41. The molecule has 24 heavy (non-hydrogen) atoms. The van der Waals surface area contributed by atoms with E-state index in [1.165, 1.54) is 18.8 Å². The molecule has 126 valence electrons. The molecule has 2 amide bonds. The smallest absolute Gasteiger partial charge is 0.257 e. The van der Waals surface area contributed by atoms with E-state index in [2.05, 4.69) is 5.32 Å². The maximum absolute atomic E-state index is 13.7. The van der Waals surface area contributed by atoms with E-state index in [0.29, 0.717) is 11.8 Å². The summed E-state index contributed by atoms with van der Waals surface area (Å²) in [6.45, 7) is -0.252. The first-order valence-electron chi connectivity index (χ1n) is 7.05. The van der Waals surface area contributed by atoms with Gasteiger partial charge >= 0.3 is 0 Å². The van der Waals surface area contributed by atoms with Gasteiger partial charge in [0.2, 0.25) is 5.91 Å². The monoisotopic (exact) mass is 350 g/mol. The Kier molecular flexibility index (Phi) is 5.92. The average molecular weight is 350 g/mol. The van der Waals surface area contributed by atoms with Crippen LogP contribution in [0.25, 0.3) is 0 Å². The van der Waals surface area contributed by atoms with Crippen molar-refractivity contribution in [3.8, 4) is 0 Å². The predicted octanol–water partition coefficient (Wildman–Crippen LogP) is 3.40. The molecule has 0 aromatic heterocycles. The van der Waals surface area contributed by atoms with E-state index in [1.807, 2.05) is 18.4 Å².